The van der Waals surface area contributed by atoms with Crippen molar-refractivity contribution in [2.24, 2.45) is 5.41 Å². The van der Waals surface area contributed by atoms with Gasteiger partial charge in [-0.05, 0) is 65.5 Å². The first kappa shape index (κ1) is 19.3. The van der Waals surface area contributed by atoms with Crippen molar-refractivity contribution in [2.45, 2.75) is 52.5 Å². The summed E-state index contributed by atoms with van der Waals surface area (Å²) in [6.45, 7) is 7.13. The summed E-state index contributed by atoms with van der Waals surface area (Å²) in [5, 5.41) is 12.1. The number of ether oxygens (including phenoxy) is 1. The van der Waals surface area contributed by atoms with Crippen LogP contribution in [0.3, 0.4) is 0 Å². The van der Waals surface area contributed by atoms with Gasteiger partial charge in [-0.15, -0.1) is 0 Å². The molecular formula is C23H29NO3. The highest BCUT2D eigenvalue weighted by molar-refractivity contribution is 5.69. The molecule has 1 aliphatic rings. The molecule has 2 aromatic carbocycles. The molecule has 2 aromatic rings. The Morgan fingerprint density at radius 2 is 1.78 bits per heavy atom. The van der Waals surface area contributed by atoms with Crippen LogP contribution in [0.5, 0.6) is 5.75 Å². The van der Waals surface area contributed by atoms with Crippen molar-refractivity contribution in [3.8, 4) is 16.9 Å². The van der Waals surface area contributed by atoms with Crippen LogP contribution in [-0.2, 0) is 6.42 Å². The van der Waals surface area contributed by atoms with Gasteiger partial charge >= 0.3 is 6.09 Å². The second-order valence-electron chi connectivity index (χ2n) is 7.42. The van der Waals surface area contributed by atoms with E-state index in [2.05, 4.69) is 56.4 Å². The summed E-state index contributed by atoms with van der Waals surface area (Å²) in [6, 6.07) is 14.5. The fourth-order valence-corrected chi connectivity index (χ4v) is 4.26. The second kappa shape index (κ2) is 8.03. The van der Waals surface area contributed by atoms with E-state index in [4.69, 9.17) is 4.74 Å². The number of hydrogen-bond donors (Lipinski definition) is 2. The summed E-state index contributed by atoms with van der Waals surface area (Å²) in [5.41, 5.74) is 4.63. The van der Waals surface area contributed by atoms with Gasteiger partial charge in [0.2, 0.25) is 0 Å². The third kappa shape index (κ3) is 3.80. The average Bonchev–Trinajstić information content (AvgIpc) is 2.99. The number of rotatable bonds is 7. The second-order valence-corrected chi connectivity index (χ2v) is 7.42. The standard InChI is InChI=1S/C23H29NO3/c1-4-13-27-19-10-7-16(8-11-19)17-9-12-20-18(14-17)15-23(5-2,6-3)21(20)24-22(25)26/h7-12,14,21,24H,4-6,13,15H2,1-3H3,(H,25,26). The Balaban J connectivity index is 1.90. The average molecular weight is 367 g/mol. The molecule has 144 valence electrons. The van der Waals surface area contributed by atoms with Gasteiger partial charge in [-0.3, -0.25) is 0 Å². The fraction of sp³-hybridized carbons (Fsp3) is 0.435. The number of carbonyl (C=O) groups is 1. The zero-order valence-electron chi connectivity index (χ0n) is 16.4. The van der Waals surface area contributed by atoms with Gasteiger partial charge in [0.15, 0.2) is 0 Å². The van der Waals surface area contributed by atoms with Gasteiger partial charge in [0, 0.05) is 0 Å². The topological polar surface area (TPSA) is 58.6 Å². The Morgan fingerprint density at radius 1 is 1.11 bits per heavy atom. The molecule has 1 aliphatic carbocycles. The minimum Gasteiger partial charge on any atom is -0.494 e. The van der Waals surface area contributed by atoms with E-state index < -0.39 is 6.09 Å². The minimum absolute atomic E-state index is 0.0444. The summed E-state index contributed by atoms with van der Waals surface area (Å²) >= 11 is 0. The van der Waals surface area contributed by atoms with Crippen LogP contribution in [0.2, 0.25) is 0 Å². The van der Waals surface area contributed by atoms with Crippen molar-refractivity contribution in [3.05, 3.63) is 53.6 Å². The molecule has 1 amide bonds. The molecule has 2 N–H and O–H groups in total. The largest absolute Gasteiger partial charge is 0.494 e. The van der Waals surface area contributed by atoms with E-state index in [-0.39, 0.29) is 11.5 Å². The molecule has 4 heteroatoms. The fourth-order valence-electron chi connectivity index (χ4n) is 4.26. The molecule has 0 bridgehead atoms. The maximum atomic E-state index is 11.4. The first-order valence-electron chi connectivity index (χ1n) is 9.88. The first-order valence-corrected chi connectivity index (χ1v) is 9.88. The number of amides is 1. The summed E-state index contributed by atoms with van der Waals surface area (Å²) in [4.78, 5) is 11.4. The molecule has 0 fully saturated rings. The quantitative estimate of drug-likeness (QED) is 0.649. The third-order valence-corrected chi connectivity index (χ3v) is 5.95. The Kier molecular flexibility index (Phi) is 5.73. The molecule has 1 unspecified atom stereocenters. The molecule has 0 spiro atoms. The van der Waals surface area contributed by atoms with Gasteiger partial charge in [0.05, 0.1) is 12.6 Å². The lowest BCUT2D eigenvalue weighted by atomic mass is 9.76. The van der Waals surface area contributed by atoms with E-state index in [0.29, 0.717) is 0 Å². The van der Waals surface area contributed by atoms with Gasteiger partial charge in [0.25, 0.3) is 0 Å². The maximum absolute atomic E-state index is 11.4. The lowest BCUT2D eigenvalue weighted by Gasteiger charge is -2.33. The predicted octanol–water partition coefficient (Wildman–Crippen LogP) is 5.81. The normalized spacial score (nSPS) is 17.4. The molecular weight excluding hydrogens is 338 g/mol. The van der Waals surface area contributed by atoms with Crippen molar-refractivity contribution in [1.29, 1.82) is 0 Å². The highest BCUT2D eigenvalue weighted by atomic mass is 16.5. The number of fused-ring (bicyclic) bond motifs is 1. The van der Waals surface area contributed by atoms with Crippen LogP contribution in [0.25, 0.3) is 11.1 Å². The lowest BCUT2D eigenvalue weighted by molar-refractivity contribution is 0.157. The number of hydrogen-bond acceptors (Lipinski definition) is 2. The number of carboxylic acid groups (broad SMARTS) is 1. The van der Waals surface area contributed by atoms with Crippen molar-refractivity contribution >= 4 is 6.09 Å². The van der Waals surface area contributed by atoms with Crippen LogP contribution in [0, 0.1) is 5.41 Å². The lowest BCUT2D eigenvalue weighted by Crippen LogP contribution is -2.37. The zero-order valence-corrected chi connectivity index (χ0v) is 16.4. The number of nitrogens with one attached hydrogen (secondary N) is 1. The Morgan fingerprint density at radius 3 is 2.37 bits per heavy atom. The van der Waals surface area contributed by atoms with E-state index >= 15 is 0 Å². The Hall–Kier alpha value is -2.49. The SMILES string of the molecule is CCCOc1ccc(-c2ccc3c(c2)CC(CC)(CC)C3NC(=O)O)cc1. The zero-order chi connectivity index (χ0) is 19.4. The number of benzene rings is 2. The Bertz CT molecular complexity index is 794. The van der Waals surface area contributed by atoms with Gasteiger partial charge in [0.1, 0.15) is 5.75 Å². The highest BCUT2D eigenvalue weighted by Crippen LogP contribution is 2.50. The van der Waals surface area contributed by atoms with Gasteiger partial charge in [-0.1, -0.05) is 51.1 Å². The minimum atomic E-state index is -0.953. The van der Waals surface area contributed by atoms with Crippen LogP contribution < -0.4 is 10.1 Å². The molecule has 4 nitrogen and oxygen atoms in total. The highest BCUT2D eigenvalue weighted by Gasteiger charge is 2.44. The van der Waals surface area contributed by atoms with Crippen molar-refractivity contribution in [2.75, 3.05) is 6.61 Å². The molecule has 0 saturated heterocycles. The van der Waals surface area contributed by atoms with Crippen LogP contribution >= 0.6 is 0 Å². The maximum Gasteiger partial charge on any atom is 0.405 e. The smallest absolute Gasteiger partial charge is 0.405 e. The molecule has 1 atom stereocenters. The monoisotopic (exact) mass is 367 g/mol. The van der Waals surface area contributed by atoms with Crippen LogP contribution in [0.1, 0.15) is 57.2 Å². The molecule has 0 heterocycles. The van der Waals surface area contributed by atoms with Crippen molar-refractivity contribution in [1.82, 2.24) is 5.32 Å². The Labute approximate surface area is 161 Å². The van der Waals surface area contributed by atoms with E-state index in [1.54, 1.807) is 0 Å². The molecule has 0 aliphatic heterocycles. The molecule has 0 saturated carbocycles. The van der Waals surface area contributed by atoms with E-state index in [1.165, 1.54) is 5.56 Å². The summed E-state index contributed by atoms with van der Waals surface area (Å²) < 4.78 is 5.66. The molecule has 0 aromatic heterocycles. The molecule has 0 radical (unpaired) electrons. The van der Waals surface area contributed by atoms with E-state index in [0.717, 1.165) is 54.7 Å². The van der Waals surface area contributed by atoms with Crippen LogP contribution in [-0.4, -0.2) is 17.8 Å². The first-order chi connectivity index (χ1) is 13.0. The molecule has 3 rings (SSSR count). The van der Waals surface area contributed by atoms with Crippen LogP contribution in [0.15, 0.2) is 42.5 Å². The summed E-state index contributed by atoms with van der Waals surface area (Å²) in [7, 11) is 0. The van der Waals surface area contributed by atoms with E-state index in [9.17, 15) is 9.90 Å². The van der Waals surface area contributed by atoms with Gasteiger partial charge in [-0.2, -0.15) is 0 Å². The van der Waals surface area contributed by atoms with Gasteiger partial charge in [-0.25, -0.2) is 4.79 Å². The van der Waals surface area contributed by atoms with Crippen molar-refractivity contribution < 1.29 is 14.6 Å². The predicted molar refractivity (Wildman–Crippen MR) is 108 cm³/mol. The third-order valence-electron chi connectivity index (χ3n) is 5.95. The summed E-state index contributed by atoms with van der Waals surface area (Å²) in [6.07, 6.45) is 2.84. The van der Waals surface area contributed by atoms with Crippen molar-refractivity contribution in [3.63, 3.8) is 0 Å². The molecule has 27 heavy (non-hydrogen) atoms. The van der Waals surface area contributed by atoms with E-state index in [1.807, 2.05) is 12.1 Å². The summed E-state index contributed by atoms with van der Waals surface area (Å²) in [5.74, 6) is 0.892. The van der Waals surface area contributed by atoms with Gasteiger partial charge < -0.3 is 15.2 Å². The van der Waals surface area contributed by atoms with Crippen LogP contribution in [0.4, 0.5) is 4.79 Å².